The number of rotatable bonds is 1. The van der Waals surface area contributed by atoms with E-state index in [1.807, 2.05) is 0 Å². The van der Waals surface area contributed by atoms with Gasteiger partial charge in [-0.05, 0) is 19.1 Å². The number of para-hydroxylation sites is 1. The van der Waals surface area contributed by atoms with Gasteiger partial charge in [0.2, 0.25) is 0 Å². The minimum absolute atomic E-state index is 0.435. The first-order valence-corrected chi connectivity index (χ1v) is 4.67. The lowest BCUT2D eigenvalue weighted by molar-refractivity contribution is -0.114. The van der Waals surface area contributed by atoms with Crippen molar-refractivity contribution in [2.45, 2.75) is 12.4 Å². The molecule has 0 N–H and O–H groups in total. The zero-order valence-corrected chi connectivity index (χ0v) is 8.28. The van der Waals surface area contributed by atoms with Crippen LogP contribution in [0.1, 0.15) is 17.3 Å². The summed E-state index contributed by atoms with van der Waals surface area (Å²) in [5.74, 6) is -1.03. The number of hydrogen-bond acceptors (Lipinski definition) is 2. The quantitative estimate of drug-likeness (QED) is 0.402. The molecule has 0 saturated carbocycles. The second-order valence-electron chi connectivity index (χ2n) is 3.10. The minimum Gasteiger partial charge on any atom is -0.288 e. The molecule has 1 atom stereocenters. The van der Waals surface area contributed by atoms with E-state index in [1.54, 1.807) is 31.2 Å². The van der Waals surface area contributed by atoms with Crippen molar-refractivity contribution < 1.29 is 9.59 Å². The molecule has 0 aliphatic carbocycles. The van der Waals surface area contributed by atoms with Gasteiger partial charge in [-0.1, -0.05) is 23.7 Å². The number of amides is 1. The van der Waals surface area contributed by atoms with E-state index in [0.29, 0.717) is 11.3 Å². The van der Waals surface area contributed by atoms with Crippen LogP contribution in [-0.2, 0) is 4.79 Å². The number of carbonyl (C=O) groups is 2. The maximum atomic E-state index is 11.5. The van der Waals surface area contributed by atoms with Gasteiger partial charge in [0.25, 0.3) is 5.78 Å². The number of anilines is 1. The molecule has 1 unspecified atom stereocenters. The van der Waals surface area contributed by atoms with Gasteiger partial charge >= 0.3 is 5.91 Å². The maximum absolute atomic E-state index is 11.5. The summed E-state index contributed by atoms with van der Waals surface area (Å²) in [4.78, 5) is 24.3. The zero-order chi connectivity index (χ0) is 10.3. The molecule has 1 amide bonds. The number of benzene rings is 1. The zero-order valence-electron chi connectivity index (χ0n) is 7.53. The third kappa shape index (κ3) is 1.13. The molecule has 0 radical (unpaired) electrons. The molecular formula is C10H8ClNO2. The summed E-state index contributed by atoms with van der Waals surface area (Å²) in [6, 6.07) is 6.86. The molecule has 2 rings (SSSR count). The SMILES string of the molecule is CC(Cl)N1C(=O)C(=O)c2ccccc21. The number of nitrogens with zero attached hydrogens (tertiary/aromatic N) is 1. The second kappa shape index (κ2) is 3.10. The molecule has 1 aromatic rings. The molecule has 0 saturated heterocycles. The lowest BCUT2D eigenvalue weighted by Crippen LogP contribution is -2.34. The van der Waals surface area contributed by atoms with Gasteiger partial charge in [-0.2, -0.15) is 0 Å². The fraction of sp³-hybridized carbons (Fsp3) is 0.200. The van der Waals surface area contributed by atoms with Gasteiger partial charge in [0.15, 0.2) is 0 Å². The number of halogens is 1. The highest BCUT2D eigenvalue weighted by Crippen LogP contribution is 2.30. The molecule has 1 heterocycles. The third-order valence-electron chi connectivity index (χ3n) is 2.18. The Kier molecular flexibility index (Phi) is 2.04. The molecule has 0 aromatic heterocycles. The lowest BCUT2D eigenvalue weighted by atomic mass is 10.1. The van der Waals surface area contributed by atoms with Crippen LogP contribution in [0.2, 0.25) is 0 Å². The Morgan fingerprint density at radius 3 is 2.57 bits per heavy atom. The van der Waals surface area contributed by atoms with Crippen molar-refractivity contribution in [1.82, 2.24) is 0 Å². The number of hydrogen-bond donors (Lipinski definition) is 0. The van der Waals surface area contributed by atoms with Crippen molar-refractivity contribution in [3.8, 4) is 0 Å². The molecule has 14 heavy (non-hydrogen) atoms. The van der Waals surface area contributed by atoms with Gasteiger partial charge in [0.05, 0.1) is 11.3 Å². The predicted molar refractivity (Wildman–Crippen MR) is 53.6 cm³/mol. The largest absolute Gasteiger partial charge is 0.300 e. The number of Topliss-reactive ketones (excluding diaryl/α,β-unsaturated/α-hetero) is 1. The fourth-order valence-corrected chi connectivity index (χ4v) is 1.76. The summed E-state index contributed by atoms with van der Waals surface area (Å²) in [5.41, 5.74) is 0.533. The Bertz CT molecular complexity index is 414. The van der Waals surface area contributed by atoms with Crippen LogP contribution in [0.5, 0.6) is 0 Å². The number of carbonyl (C=O) groups excluding carboxylic acids is 2. The van der Waals surface area contributed by atoms with Crippen LogP contribution in [0.4, 0.5) is 5.69 Å². The highest BCUT2D eigenvalue weighted by atomic mass is 35.5. The van der Waals surface area contributed by atoms with E-state index in [2.05, 4.69) is 0 Å². The Morgan fingerprint density at radius 1 is 1.29 bits per heavy atom. The van der Waals surface area contributed by atoms with Crippen LogP contribution < -0.4 is 4.90 Å². The number of ketones is 1. The van der Waals surface area contributed by atoms with Crippen molar-refractivity contribution in [3.63, 3.8) is 0 Å². The summed E-state index contributed by atoms with van der Waals surface area (Å²) in [6.07, 6.45) is 0. The van der Waals surface area contributed by atoms with Gasteiger partial charge in [0, 0.05) is 0 Å². The molecule has 1 aliphatic heterocycles. The van der Waals surface area contributed by atoms with Crippen LogP contribution >= 0.6 is 11.6 Å². The van der Waals surface area contributed by atoms with Crippen molar-refractivity contribution in [1.29, 1.82) is 0 Å². The third-order valence-corrected chi connectivity index (χ3v) is 2.37. The topological polar surface area (TPSA) is 37.4 Å². The van der Waals surface area contributed by atoms with Crippen LogP contribution in [-0.4, -0.2) is 17.2 Å². The summed E-state index contributed by atoms with van der Waals surface area (Å²) >= 11 is 5.82. The maximum Gasteiger partial charge on any atom is 0.300 e. The molecule has 0 fully saturated rings. The monoisotopic (exact) mass is 209 g/mol. The first-order chi connectivity index (χ1) is 6.63. The summed E-state index contributed by atoms with van der Waals surface area (Å²) in [7, 11) is 0. The molecule has 1 aromatic carbocycles. The number of fused-ring (bicyclic) bond motifs is 1. The Hall–Kier alpha value is -1.35. The Morgan fingerprint density at radius 2 is 1.93 bits per heavy atom. The van der Waals surface area contributed by atoms with E-state index >= 15 is 0 Å². The van der Waals surface area contributed by atoms with E-state index in [0.717, 1.165) is 0 Å². The number of alkyl halides is 1. The Labute approximate surface area is 86.3 Å². The molecule has 0 bridgehead atoms. The van der Waals surface area contributed by atoms with Crippen LogP contribution in [0.15, 0.2) is 24.3 Å². The van der Waals surface area contributed by atoms with Crippen molar-refractivity contribution in [2.75, 3.05) is 4.90 Å². The van der Waals surface area contributed by atoms with E-state index in [1.165, 1.54) is 4.90 Å². The van der Waals surface area contributed by atoms with Gasteiger partial charge in [-0.25, -0.2) is 0 Å². The van der Waals surface area contributed by atoms with E-state index in [9.17, 15) is 9.59 Å². The standard InChI is InChI=1S/C10H8ClNO2/c1-6(11)12-8-5-3-2-4-7(8)9(13)10(12)14/h2-6H,1H3. The fourth-order valence-electron chi connectivity index (χ4n) is 1.56. The summed E-state index contributed by atoms with van der Waals surface area (Å²) in [5, 5.41) is 0. The molecule has 0 spiro atoms. The molecule has 1 aliphatic rings. The Balaban J connectivity index is 2.59. The van der Waals surface area contributed by atoms with Gasteiger partial charge < -0.3 is 0 Å². The highest BCUT2D eigenvalue weighted by molar-refractivity contribution is 6.53. The molecule has 4 heteroatoms. The van der Waals surface area contributed by atoms with E-state index in [-0.39, 0.29) is 0 Å². The molecular weight excluding hydrogens is 202 g/mol. The van der Waals surface area contributed by atoms with E-state index < -0.39 is 17.2 Å². The lowest BCUT2D eigenvalue weighted by Gasteiger charge is -2.18. The smallest absolute Gasteiger partial charge is 0.288 e. The normalized spacial score (nSPS) is 17.1. The van der Waals surface area contributed by atoms with Gasteiger partial charge in [0.1, 0.15) is 5.50 Å². The van der Waals surface area contributed by atoms with Gasteiger partial charge in [-0.3, -0.25) is 14.5 Å². The minimum atomic E-state index is -0.547. The highest BCUT2D eigenvalue weighted by Gasteiger charge is 2.37. The summed E-state index contributed by atoms with van der Waals surface area (Å²) in [6.45, 7) is 1.66. The first kappa shape index (κ1) is 9.21. The molecule has 72 valence electrons. The average Bonchev–Trinajstić information content (AvgIpc) is 2.41. The van der Waals surface area contributed by atoms with Crippen LogP contribution in [0, 0.1) is 0 Å². The van der Waals surface area contributed by atoms with Crippen LogP contribution in [0.25, 0.3) is 0 Å². The average molecular weight is 210 g/mol. The van der Waals surface area contributed by atoms with Crippen LogP contribution in [0.3, 0.4) is 0 Å². The van der Waals surface area contributed by atoms with Gasteiger partial charge in [-0.15, -0.1) is 0 Å². The van der Waals surface area contributed by atoms with Crippen molar-refractivity contribution in [3.05, 3.63) is 29.8 Å². The summed E-state index contributed by atoms with van der Waals surface area (Å²) < 4.78 is 0. The second-order valence-corrected chi connectivity index (χ2v) is 3.73. The van der Waals surface area contributed by atoms with Crippen molar-refractivity contribution >= 4 is 29.0 Å². The van der Waals surface area contributed by atoms with E-state index in [4.69, 9.17) is 11.6 Å². The predicted octanol–water partition coefficient (Wildman–Crippen LogP) is 1.80. The first-order valence-electron chi connectivity index (χ1n) is 4.24. The van der Waals surface area contributed by atoms with Crippen molar-refractivity contribution in [2.24, 2.45) is 0 Å². The molecule has 3 nitrogen and oxygen atoms in total.